The van der Waals surface area contributed by atoms with Crippen LogP contribution in [0.4, 0.5) is 0 Å². The molecule has 1 rings (SSSR count). The highest BCUT2D eigenvalue weighted by molar-refractivity contribution is 6.08. The summed E-state index contributed by atoms with van der Waals surface area (Å²) in [6, 6.07) is 9.11. The fraction of sp³-hybridized carbons (Fsp3) is 0.375. The lowest BCUT2D eigenvalue weighted by Gasteiger charge is -2.05. The number of ketones is 1. The predicted molar refractivity (Wildman–Crippen MR) is 75.0 cm³/mol. The molecule has 0 amide bonds. The van der Waals surface area contributed by atoms with Gasteiger partial charge < -0.3 is 4.74 Å². The molecule has 0 aliphatic heterocycles. The summed E-state index contributed by atoms with van der Waals surface area (Å²) in [6.07, 6.45) is 2.52. The third-order valence-electron chi connectivity index (χ3n) is 2.77. The van der Waals surface area contributed by atoms with E-state index in [0.717, 1.165) is 12.8 Å². The van der Waals surface area contributed by atoms with Crippen molar-refractivity contribution in [3.05, 3.63) is 48.0 Å². The molecule has 3 heteroatoms. The predicted octanol–water partition coefficient (Wildman–Crippen LogP) is 3.55. The Morgan fingerprint density at radius 3 is 2.37 bits per heavy atom. The highest BCUT2D eigenvalue weighted by Gasteiger charge is 2.09. The van der Waals surface area contributed by atoms with E-state index >= 15 is 0 Å². The highest BCUT2D eigenvalue weighted by Crippen LogP contribution is 2.13. The number of carbonyl (C=O) groups is 2. The van der Waals surface area contributed by atoms with Gasteiger partial charge in [0.05, 0.1) is 6.61 Å². The van der Waals surface area contributed by atoms with Crippen molar-refractivity contribution in [1.29, 1.82) is 0 Å². The van der Waals surface area contributed by atoms with Crippen molar-refractivity contribution in [3.8, 4) is 0 Å². The van der Waals surface area contributed by atoms with Gasteiger partial charge in [0.15, 0.2) is 5.78 Å². The van der Waals surface area contributed by atoms with E-state index < -0.39 is 0 Å². The SMILES string of the molecule is C=C(CCCCC(=O)OCC)C(=O)c1ccccc1. The molecule has 0 atom stereocenters. The van der Waals surface area contributed by atoms with E-state index in [4.69, 9.17) is 4.74 Å². The minimum atomic E-state index is -0.178. The molecular weight excluding hydrogens is 240 g/mol. The van der Waals surface area contributed by atoms with Crippen molar-refractivity contribution < 1.29 is 14.3 Å². The molecule has 0 unspecified atom stereocenters. The van der Waals surface area contributed by atoms with E-state index in [1.165, 1.54) is 0 Å². The molecule has 0 N–H and O–H groups in total. The first-order valence-electron chi connectivity index (χ1n) is 6.58. The average molecular weight is 260 g/mol. The van der Waals surface area contributed by atoms with Crippen molar-refractivity contribution in [2.75, 3.05) is 6.61 Å². The molecule has 0 aliphatic carbocycles. The lowest BCUT2D eigenvalue weighted by Crippen LogP contribution is -2.05. The molecule has 0 aromatic heterocycles. The second-order valence-corrected chi connectivity index (χ2v) is 4.31. The highest BCUT2D eigenvalue weighted by atomic mass is 16.5. The Morgan fingerprint density at radius 1 is 1.11 bits per heavy atom. The quantitative estimate of drug-likeness (QED) is 0.311. The molecule has 102 valence electrons. The summed E-state index contributed by atoms with van der Waals surface area (Å²) in [6.45, 7) is 6.02. The fourth-order valence-corrected chi connectivity index (χ4v) is 1.75. The smallest absolute Gasteiger partial charge is 0.305 e. The first kappa shape index (κ1) is 15.2. The molecule has 0 saturated heterocycles. The monoisotopic (exact) mass is 260 g/mol. The zero-order valence-electron chi connectivity index (χ0n) is 11.4. The third kappa shape index (κ3) is 5.51. The minimum Gasteiger partial charge on any atom is -0.466 e. The fourth-order valence-electron chi connectivity index (χ4n) is 1.75. The van der Waals surface area contributed by atoms with E-state index in [-0.39, 0.29) is 11.8 Å². The Hall–Kier alpha value is -1.90. The second kappa shape index (κ2) is 8.25. The van der Waals surface area contributed by atoms with Crippen LogP contribution in [0.2, 0.25) is 0 Å². The van der Waals surface area contributed by atoms with Crippen LogP contribution in [-0.4, -0.2) is 18.4 Å². The van der Waals surface area contributed by atoms with Crippen LogP contribution in [-0.2, 0) is 9.53 Å². The van der Waals surface area contributed by atoms with Gasteiger partial charge in [-0.1, -0.05) is 36.9 Å². The second-order valence-electron chi connectivity index (χ2n) is 4.31. The number of ether oxygens (including phenoxy) is 1. The molecule has 0 heterocycles. The normalized spacial score (nSPS) is 9.95. The van der Waals surface area contributed by atoms with Crippen LogP contribution >= 0.6 is 0 Å². The van der Waals surface area contributed by atoms with Crippen LogP contribution in [0, 0.1) is 0 Å². The van der Waals surface area contributed by atoms with Gasteiger partial charge in [0.1, 0.15) is 0 Å². The summed E-state index contributed by atoms with van der Waals surface area (Å²) >= 11 is 0. The number of hydrogen-bond acceptors (Lipinski definition) is 3. The van der Waals surface area contributed by atoms with Gasteiger partial charge >= 0.3 is 5.97 Å². The molecule has 19 heavy (non-hydrogen) atoms. The van der Waals surface area contributed by atoms with Crippen molar-refractivity contribution in [1.82, 2.24) is 0 Å². The van der Waals surface area contributed by atoms with Gasteiger partial charge in [-0.05, 0) is 31.8 Å². The molecule has 1 aromatic carbocycles. The van der Waals surface area contributed by atoms with Gasteiger partial charge in [0.25, 0.3) is 0 Å². The molecule has 1 aromatic rings. The maximum absolute atomic E-state index is 12.0. The molecule has 0 fully saturated rings. The van der Waals surface area contributed by atoms with Crippen LogP contribution in [0.3, 0.4) is 0 Å². The van der Waals surface area contributed by atoms with Gasteiger partial charge in [-0.15, -0.1) is 0 Å². The van der Waals surface area contributed by atoms with Crippen LogP contribution in [0.5, 0.6) is 0 Å². The van der Waals surface area contributed by atoms with Gasteiger partial charge in [-0.2, -0.15) is 0 Å². The number of esters is 1. The van der Waals surface area contributed by atoms with Crippen LogP contribution < -0.4 is 0 Å². The molecule has 3 nitrogen and oxygen atoms in total. The topological polar surface area (TPSA) is 43.4 Å². The molecule has 0 radical (unpaired) electrons. The van der Waals surface area contributed by atoms with Gasteiger partial charge in [0, 0.05) is 12.0 Å². The number of carbonyl (C=O) groups excluding carboxylic acids is 2. The lowest BCUT2D eigenvalue weighted by atomic mass is 10.00. The van der Waals surface area contributed by atoms with E-state index in [0.29, 0.717) is 30.6 Å². The molecular formula is C16H20O3. The summed E-state index contributed by atoms with van der Waals surface area (Å²) < 4.78 is 4.84. The lowest BCUT2D eigenvalue weighted by molar-refractivity contribution is -0.143. The van der Waals surface area contributed by atoms with E-state index in [1.807, 2.05) is 18.2 Å². The largest absolute Gasteiger partial charge is 0.466 e. The van der Waals surface area contributed by atoms with Crippen molar-refractivity contribution in [3.63, 3.8) is 0 Å². The first-order chi connectivity index (χ1) is 9.15. The first-order valence-corrected chi connectivity index (χ1v) is 6.58. The summed E-state index contributed by atoms with van der Waals surface area (Å²) in [4.78, 5) is 23.1. The molecule has 0 aliphatic rings. The van der Waals surface area contributed by atoms with Crippen LogP contribution in [0.25, 0.3) is 0 Å². The summed E-state index contributed by atoms with van der Waals surface area (Å²) in [5, 5.41) is 0. The zero-order valence-corrected chi connectivity index (χ0v) is 11.4. The molecule has 0 spiro atoms. The summed E-state index contributed by atoms with van der Waals surface area (Å²) in [5.41, 5.74) is 1.26. The summed E-state index contributed by atoms with van der Waals surface area (Å²) in [7, 11) is 0. The Morgan fingerprint density at radius 2 is 1.74 bits per heavy atom. The Labute approximate surface area is 114 Å². The summed E-state index contributed by atoms with van der Waals surface area (Å²) in [5.74, 6) is -0.195. The Balaban J connectivity index is 2.28. The van der Waals surface area contributed by atoms with E-state index in [9.17, 15) is 9.59 Å². The van der Waals surface area contributed by atoms with Crippen molar-refractivity contribution >= 4 is 11.8 Å². The van der Waals surface area contributed by atoms with Crippen molar-refractivity contribution in [2.45, 2.75) is 32.6 Å². The van der Waals surface area contributed by atoms with Gasteiger partial charge in [0.2, 0.25) is 0 Å². The number of Topliss-reactive ketones (excluding diaryl/α,β-unsaturated/α-hetero) is 1. The average Bonchev–Trinajstić information content (AvgIpc) is 2.44. The molecule has 0 bridgehead atoms. The maximum atomic E-state index is 12.0. The Kier molecular flexibility index (Phi) is 6.58. The third-order valence-corrected chi connectivity index (χ3v) is 2.77. The number of benzene rings is 1. The maximum Gasteiger partial charge on any atom is 0.305 e. The standard InChI is InChI=1S/C16H20O3/c1-3-19-15(17)12-8-7-9-13(2)16(18)14-10-5-4-6-11-14/h4-6,10-11H,2-3,7-9,12H2,1H3. The van der Waals surface area contributed by atoms with E-state index in [2.05, 4.69) is 6.58 Å². The number of hydrogen-bond donors (Lipinski definition) is 0. The number of rotatable bonds is 8. The zero-order chi connectivity index (χ0) is 14.1. The van der Waals surface area contributed by atoms with Gasteiger partial charge in [-0.25, -0.2) is 0 Å². The molecule has 0 saturated carbocycles. The minimum absolute atomic E-state index is 0.0169. The Bertz CT molecular complexity index is 435. The number of unbranched alkanes of at least 4 members (excludes halogenated alkanes) is 1. The number of allylic oxidation sites excluding steroid dienone is 1. The van der Waals surface area contributed by atoms with E-state index in [1.54, 1.807) is 19.1 Å². The van der Waals surface area contributed by atoms with Gasteiger partial charge in [-0.3, -0.25) is 9.59 Å². The van der Waals surface area contributed by atoms with Crippen LogP contribution in [0.15, 0.2) is 42.5 Å². The van der Waals surface area contributed by atoms with Crippen molar-refractivity contribution in [2.24, 2.45) is 0 Å². The van der Waals surface area contributed by atoms with Crippen LogP contribution in [0.1, 0.15) is 43.0 Å².